The van der Waals surface area contributed by atoms with E-state index in [1.54, 1.807) is 7.11 Å². The number of anilines is 1. The first-order chi connectivity index (χ1) is 16.8. The Hall–Kier alpha value is -3.83. The molecule has 0 aromatic heterocycles. The van der Waals surface area contributed by atoms with E-state index in [-0.39, 0.29) is 12.1 Å². The minimum Gasteiger partial charge on any atom is -0.488 e. The van der Waals surface area contributed by atoms with Crippen LogP contribution in [0.1, 0.15) is 34.1 Å². The van der Waals surface area contributed by atoms with Crippen LogP contribution < -0.4 is 10.1 Å². The maximum Gasteiger partial charge on any atom is 0.257 e. The zero-order chi connectivity index (χ0) is 23.3. The molecule has 0 aliphatic carbocycles. The average molecular weight is 453 g/mol. The van der Waals surface area contributed by atoms with Crippen LogP contribution in [-0.2, 0) is 11.3 Å². The lowest BCUT2D eigenvalue weighted by molar-refractivity contribution is 0.0658. The summed E-state index contributed by atoms with van der Waals surface area (Å²) in [6.07, 6.45) is 0.379. The van der Waals surface area contributed by atoms with Gasteiger partial charge in [-0.15, -0.1) is 0 Å². The summed E-state index contributed by atoms with van der Waals surface area (Å²) >= 11 is 0. The summed E-state index contributed by atoms with van der Waals surface area (Å²) in [5.41, 5.74) is 3.58. The fraction of sp³-hybridized carbons (Fsp3) is 0.207. The van der Waals surface area contributed by atoms with Gasteiger partial charge in [-0.3, -0.25) is 4.79 Å². The smallest absolute Gasteiger partial charge is 0.257 e. The fourth-order valence-electron chi connectivity index (χ4n) is 4.55. The first-order valence-corrected chi connectivity index (χ1v) is 11.6. The van der Waals surface area contributed by atoms with Crippen molar-refractivity contribution in [3.05, 3.63) is 108 Å². The van der Waals surface area contributed by atoms with Crippen LogP contribution in [0.5, 0.6) is 5.75 Å². The van der Waals surface area contributed by atoms with E-state index in [9.17, 15) is 4.79 Å². The molecule has 0 saturated carbocycles. The standard InChI is InChI=1S/C29H28N2O3/c1-33-19-9-18-31-28(30-25-15-8-7-14-24(25)29(31)32)27-23-13-6-5-12-22(23)16-17-26(27)34-20-21-10-3-2-4-11-21/h2-8,10-17,28,30H,9,18-20H2,1H3. The van der Waals surface area contributed by atoms with Gasteiger partial charge in [0.1, 0.15) is 18.5 Å². The largest absolute Gasteiger partial charge is 0.488 e. The number of nitrogens with zero attached hydrogens (tertiary/aromatic N) is 1. The number of hydrogen-bond acceptors (Lipinski definition) is 4. The number of hydrogen-bond donors (Lipinski definition) is 1. The predicted molar refractivity (Wildman–Crippen MR) is 135 cm³/mol. The highest BCUT2D eigenvalue weighted by atomic mass is 16.5. The van der Waals surface area contributed by atoms with Crippen molar-refractivity contribution in [3.63, 3.8) is 0 Å². The van der Waals surface area contributed by atoms with Crippen LogP contribution >= 0.6 is 0 Å². The molecule has 34 heavy (non-hydrogen) atoms. The molecule has 5 nitrogen and oxygen atoms in total. The molecule has 5 rings (SSSR count). The normalized spacial score (nSPS) is 15.1. The number of rotatable bonds is 8. The van der Waals surface area contributed by atoms with Gasteiger partial charge in [-0.25, -0.2) is 0 Å². The average Bonchev–Trinajstić information content (AvgIpc) is 2.89. The van der Waals surface area contributed by atoms with Gasteiger partial charge in [0.25, 0.3) is 5.91 Å². The highest BCUT2D eigenvalue weighted by Crippen LogP contribution is 2.41. The number of ether oxygens (including phenoxy) is 2. The second-order valence-corrected chi connectivity index (χ2v) is 8.41. The topological polar surface area (TPSA) is 50.8 Å². The number of para-hydroxylation sites is 1. The molecule has 1 aliphatic heterocycles. The van der Waals surface area contributed by atoms with Gasteiger partial charge in [0.05, 0.1) is 5.56 Å². The molecule has 0 bridgehead atoms. The Morgan fingerprint density at radius 2 is 1.65 bits per heavy atom. The van der Waals surface area contributed by atoms with Gasteiger partial charge in [0.15, 0.2) is 0 Å². The maximum atomic E-state index is 13.6. The Morgan fingerprint density at radius 3 is 2.50 bits per heavy atom. The molecule has 1 N–H and O–H groups in total. The Balaban J connectivity index is 1.60. The van der Waals surface area contributed by atoms with Gasteiger partial charge >= 0.3 is 0 Å². The number of benzene rings is 4. The molecule has 1 aliphatic rings. The number of carbonyl (C=O) groups excluding carboxylic acids is 1. The predicted octanol–water partition coefficient (Wildman–Crippen LogP) is 6.02. The zero-order valence-corrected chi connectivity index (χ0v) is 19.2. The molecule has 4 aromatic carbocycles. The van der Waals surface area contributed by atoms with Crippen molar-refractivity contribution in [3.8, 4) is 5.75 Å². The van der Waals surface area contributed by atoms with Gasteiger partial charge in [-0.2, -0.15) is 0 Å². The Kier molecular flexibility index (Phi) is 6.45. The van der Waals surface area contributed by atoms with Crippen LogP contribution in [-0.4, -0.2) is 31.1 Å². The van der Waals surface area contributed by atoms with E-state index >= 15 is 0 Å². The molecular formula is C29H28N2O3. The van der Waals surface area contributed by atoms with Gasteiger partial charge in [0.2, 0.25) is 0 Å². The molecule has 0 fully saturated rings. The first-order valence-electron chi connectivity index (χ1n) is 11.6. The van der Waals surface area contributed by atoms with Crippen LogP contribution in [0, 0.1) is 0 Å². The van der Waals surface area contributed by atoms with E-state index in [0.717, 1.165) is 39.8 Å². The first kappa shape index (κ1) is 22.0. The van der Waals surface area contributed by atoms with Gasteiger partial charge in [-0.05, 0) is 41.0 Å². The van der Waals surface area contributed by atoms with E-state index in [4.69, 9.17) is 9.47 Å². The lowest BCUT2D eigenvalue weighted by Gasteiger charge is -2.39. The highest BCUT2D eigenvalue weighted by molar-refractivity contribution is 6.02. The van der Waals surface area contributed by atoms with Crippen LogP contribution in [0.3, 0.4) is 0 Å². The minimum atomic E-state index is -0.365. The van der Waals surface area contributed by atoms with Crippen molar-refractivity contribution >= 4 is 22.4 Å². The van der Waals surface area contributed by atoms with Crippen molar-refractivity contribution < 1.29 is 14.3 Å². The second-order valence-electron chi connectivity index (χ2n) is 8.41. The zero-order valence-electron chi connectivity index (χ0n) is 19.2. The third kappa shape index (κ3) is 4.35. The lowest BCUT2D eigenvalue weighted by Crippen LogP contribution is -2.44. The van der Waals surface area contributed by atoms with Crippen molar-refractivity contribution in [1.82, 2.24) is 4.90 Å². The molecule has 0 radical (unpaired) electrons. The second kappa shape index (κ2) is 9.98. The van der Waals surface area contributed by atoms with Gasteiger partial charge in [0, 0.05) is 31.5 Å². The van der Waals surface area contributed by atoms with E-state index in [2.05, 4.69) is 35.6 Å². The molecular weight excluding hydrogens is 424 g/mol. The van der Waals surface area contributed by atoms with E-state index < -0.39 is 0 Å². The van der Waals surface area contributed by atoms with Crippen molar-refractivity contribution in [2.45, 2.75) is 19.2 Å². The number of amides is 1. The number of carbonyl (C=O) groups is 1. The quantitative estimate of drug-likeness (QED) is 0.332. The molecule has 172 valence electrons. The summed E-state index contributed by atoms with van der Waals surface area (Å²) in [6.45, 7) is 1.61. The third-order valence-corrected chi connectivity index (χ3v) is 6.21. The van der Waals surface area contributed by atoms with Crippen LogP contribution in [0.2, 0.25) is 0 Å². The highest BCUT2D eigenvalue weighted by Gasteiger charge is 2.35. The molecule has 1 amide bonds. The number of methoxy groups -OCH3 is 1. The monoisotopic (exact) mass is 452 g/mol. The molecule has 1 unspecified atom stereocenters. The molecule has 0 spiro atoms. The SMILES string of the molecule is COCCCN1C(=O)c2ccccc2NC1c1c(OCc2ccccc2)ccc2ccccc12. The summed E-state index contributed by atoms with van der Waals surface area (Å²) in [6, 6.07) is 30.1. The van der Waals surface area contributed by atoms with Gasteiger partial charge in [-0.1, -0.05) is 72.8 Å². The molecule has 5 heteroatoms. The third-order valence-electron chi connectivity index (χ3n) is 6.21. The van der Waals surface area contributed by atoms with Gasteiger partial charge < -0.3 is 19.7 Å². The molecule has 1 heterocycles. The number of fused-ring (bicyclic) bond motifs is 2. The summed E-state index contributed by atoms with van der Waals surface area (Å²) in [5.74, 6) is 0.779. The van der Waals surface area contributed by atoms with Crippen LogP contribution in [0.25, 0.3) is 10.8 Å². The number of nitrogens with one attached hydrogen (secondary N) is 1. The summed E-state index contributed by atoms with van der Waals surface area (Å²) in [4.78, 5) is 15.5. The van der Waals surface area contributed by atoms with Crippen molar-refractivity contribution in [1.29, 1.82) is 0 Å². The summed E-state index contributed by atoms with van der Waals surface area (Å²) < 4.78 is 11.7. The van der Waals surface area contributed by atoms with E-state index in [0.29, 0.717) is 25.3 Å². The Labute approximate surface area is 199 Å². The maximum absolute atomic E-state index is 13.6. The minimum absolute atomic E-state index is 0.0115. The molecule has 0 saturated heterocycles. The fourth-order valence-corrected chi connectivity index (χ4v) is 4.55. The van der Waals surface area contributed by atoms with E-state index in [1.807, 2.05) is 65.6 Å². The van der Waals surface area contributed by atoms with Crippen molar-refractivity contribution in [2.75, 3.05) is 25.6 Å². The Bertz CT molecular complexity index is 1290. The van der Waals surface area contributed by atoms with Crippen molar-refractivity contribution in [2.24, 2.45) is 0 Å². The van der Waals surface area contributed by atoms with Crippen LogP contribution in [0.4, 0.5) is 5.69 Å². The lowest BCUT2D eigenvalue weighted by atomic mass is 9.97. The van der Waals surface area contributed by atoms with E-state index in [1.165, 1.54) is 0 Å². The summed E-state index contributed by atoms with van der Waals surface area (Å²) in [5, 5.41) is 5.81. The van der Waals surface area contributed by atoms with Crippen LogP contribution in [0.15, 0.2) is 91.0 Å². The molecule has 4 aromatic rings. The molecule has 1 atom stereocenters. The Morgan fingerprint density at radius 1 is 0.882 bits per heavy atom. The summed E-state index contributed by atoms with van der Waals surface area (Å²) in [7, 11) is 1.68.